The molecule has 3 amide bonds. The van der Waals surface area contributed by atoms with Gasteiger partial charge in [-0.05, 0) is 75.8 Å². The van der Waals surface area contributed by atoms with Crippen molar-refractivity contribution in [1.29, 1.82) is 0 Å². The molecule has 2 saturated heterocycles. The molecule has 4 aromatic rings. The summed E-state index contributed by atoms with van der Waals surface area (Å²) in [6.07, 6.45) is 6.50. The van der Waals surface area contributed by atoms with Gasteiger partial charge < -0.3 is 24.3 Å². The number of thiazole rings is 1. The summed E-state index contributed by atoms with van der Waals surface area (Å²) in [6, 6.07) is 8.96. The molecule has 1 aromatic carbocycles. The van der Waals surface area contributed by atoms with Gasteiger partial charge in [0.25, 0.3) is 5.91 Å². The maximum Gasteiger partial charge on any atom is 0.324 e. The molecule has 6 heterocycles. The average Bonchev–Trinajstić information content (AvgIpc) is 3.76. The molecule has 13 heteroatoms. The topological polar surface area (TPSA) is 131 Å². The van der Waals surface area contributed by atoms with E-state index in [0.717, 1.165) is 75.5 Å². The van der Waals surface area contributed by atoms with Crippen molar-refractivity contribution in [2.24, 2.45) is 5.41 Å². The highest BCUT2D eigenvalue weighted by atomic mass is 32.1. The van der Waals surface area contributed by atoms with Gasteiger partial charge in [0.2, 0.25) is 0 Å². The SMILES string of the molecule is CCC[C@H]1CCN1C(=O)N[C@H]1Cc2nc(cs2)-c2ccc3c(c2)c(c(-c2cccnc2[C@H](C)OC)n3CC)CC(C)(C)COC(=O)[C@@H]2CCCN(N2)C1=O. The van der Waals surface area contributed by atoms with Crippen LogP contribution in [0.25, 0.3) is 33.4 Å². The maximum atomic E-state index is 14.2. The van der Waals surface area contributed by atoms with E-state index in [1.165, 1.54) is 16.3 Å². The monoisotopic (exact) mass is 755 g/mol. The number of aromatic nitrogens is 3. The molecule has 0 radical (unpaired) electrons. The predicted octanol–water partition coefficient (Wildman–Crippen LogP) is 6.67. The number of rotatable bonds is 7. The number of carbonyl (C=O) groups excluding carboxylic acids is 3. The number of hydrogen-bond acceptors (Lipinski definition) is 9. The van der Waals surface area contributed by atoms with Gasteiger partial charge in [-0.1, -0.05) is 33.3 Å². The maximum absolute atomic E-state index is 14.2. The number of esters is 1. The van der Waals surface area contributed by atoms with E-state index in [4.69, 9.17) is 19.4 Å². The normalized spacial score (nSPS) is 22.4. The standard InChI is InChI=1S/C41H53N7O5S/c1-7-11-27-16-19-47(27)40(51)44-32-21-35-43-33(23-54-35)26-14-15-34-29(20-26)30(37(46(34)8-2)28-12-9-17-42-36(28)25(3)52-6)22-41(4,5)24-53-39(50)31-13-10-18-48(45-31)38(32)49/h9,12,14-15,17,20,23,25,27,31-32,45H,7-8,10-11,13,16,18-19,21-22,24H2,1-6H3,(H,44,51)/t25-,27-,31-,32-/m0/s1. The van der Waals surface area contributed by atoms with Gasteiger partial charge in [0.05, 0.1) is 34.8 Å². The van der Waals surface area contributed by atoms with E-state index < -0.39 is 23.5 Å². The van der Waals surface area contributed by atoms with E-state index in [-0.39, 0.29) is 37.1 Å². The van der Waals surface area contributed by atoms with Crippen molar-refractivity contribution >= 4 is 40.1 Å². The summed E-state index contributed by atoms with van der Waals surface area (Å²) in [5, 5.41) is 8.43. The van der Waals surface area contributed by atoms with Crippen LogP contribution in [0.1, 0.15) is 89.1 Å². The highest BCUT2D eigenvalue weighted by molar-refractivity contribution is 7.10. The Morgan fingerprint density at radius 1 is 1.19 bits per heavy atom. The summed E-state index contributed by atoms with van der Waals surface area (Å²) in [5.74, 6) is -0.680. The molecule has 3 aliphatic heterocycles. The zero-order valence-electron chi connectivity index (χ0n) is 32.3. The minimum atomic E-state index is -0.863. The van der Waals surface area contributed by atoms with Crippen LogP contribution in [-0.2, 0) is 38.4 Å². The zero-order valence-corrected chi connectivity index (χ0v) is 33.1. The van der Waals surface area contributed by atoms with Crippen molar-refractivity contribution in [1.82, 2.24) is 35.2 Å². The van der Waals surface area contributed by atoms with Crippen molar-refractivity contribution in [3.05, 3.63) is 58.2 Å². The highest BCUT2D eigenvalue weighted by Crippen LogP contribution is 2.42. The predicted molar refractivity (Wildman–Crippen MR) is 210 cm³/mol. The molecule has 0 aliphatic carbocycles. The quantitative estimate of drug-likeness (QED) is 0.200. The Morgan fingerprint density at radius 3 is 2.76 bits per heavy atom. The van der Waals surface area contributed by atoms with Crippen molar-refractivity contribution < 1.29 is 23.9 Å². The Bertz CT molecular complexity index is 2020. The smallest absolute Gasteiger partial charge is 0.324 e. The molecule has 3 aromatic heterocycles. The van der Waals surface area contributed by atoms with Crippen LogP contribution in [-0.4, -0.2) is 87.3 Å². The van der Waals surface area contributed by atoms with Gasteiger partial charge in [0.1, 0.15) is 12.1 Å². The largest absolute Gasteiger partial charge is 0.464 e. The molecule has 3 aliphatic rings. The van der Waals surface area contributed by atoms with E-state index >= 15 is 0 Å². The lowest BCUT2D eigenvalue weighted by Crippen LogP contribution is -2.63. The number of aryl methyl sites for hydroxylation is 1. The van der Waals surface area contributed by atoms with E-state index in [1.807, 2.05) is 23.3 Å². The molecule has 0 saturated carbocycles. The van der Waals surface area contributed by atoms with Crippen LogP contribution < -0.4 is 10.7 Å². The molecule has 0 unspecified atom stereocenters. The summed E-state index contributed by atoms with van der Waals surface area (Å²) in [5.41, 5.74) is 9.68. The number of methoxy groups -OCH3 is 1. The molecule has 12 nitrogen and oxygen atoms in total. The molecule has 2 N–H and O–H groups in total. The van der Waals surface area contributed by atoms with E-state index in [1.54, 1.807) is 13.3 Å². The number of nitrogens with one attached hydrogen (secondary N) is 2. The lowest BCUT2D eigenvalue weighted by molar-refractivity contribution is -0.155. The minimum Gasteiger partial charge on any atom is -0.464 e. The number of fused-ring (bicyclic) bond motifs is 6. The number of cyclic esters (lactones) is 1. The fraction of sp³-hybridized carbons (Fsp3) is 0.537. The number of ether oxygens (including phenoxy) is 2. The first kappa shape index (κ1) is 38.0. The molecule has 7 rings (SSSR count). The van der Waals surface area contributed by atoms with Crippen molar-refractivity contribution in [3.8, 4) is 22.5 Å². The van der Waals surface area contributed by atoms with Gasteiger partial charge in [-0.3, -0.25) is 19.6 Å². The van der Waals surface area contributed by atoms with Crippen LogP contribution in [0.5, 0.6) is 0 Å². The molecule has 0 spiro atoms. The molecule has 54 heavy (non-hydrogen) atoms. The second kappa shape index (κ2) is 15.8. The Hall–Kier alpha value is -4.33. The average molecular weight is 756 g/mol. The van der Waals surface area contributed by atoms with Gasteiger partial charge >= 0.3 is 12.0 Å². The Labute approximate surface area is 321 Å². The van der Waals surface area contributed by atoms with E-state index in [2.05, 4.69) is 67.3 Å². The number of urea groups is 1. The van der Waals surface area contributed by atoms with Gasteiger partial charge in [-0.2, -0.15) is 0 Å². The number of carbonyl (C=O) groups is 3. The number of likely N-dealkylation sites (tertiary alicyclic amines) is 1. The lowest BCUT2D eigenvalue weighted by Gasteiger charge is -2.42. The summed E-state index contributed by atoms with van der Waals surface area (Å²) in [7, 11) is 1.70. The molecular weight excluding hydrogens is 703 g/mol. The van der Waals surface area contributed by atoms with Crippen LogP contribution >= 0.6 is 11.3 Å². The molecular formula is C41H53N7O5S. The third-order valence-corrected chi connectivity index (χ3v) is 12.0. The van der Waals surface area contributed by atoms with Crippen molar-refractivity contribution in [3.63, 3.8) is 0 Å². The van der Waals surface area contributed by atoms with E-state index in [9.17, 15) is 14.4 Å². The number of amides is 3. The van der Waals surface area contributed by atoms with Crippen LogP contribution in [0.15, 0.2) is 41.9 Å². The minimum absolute atomic E-state index is 0.184. The Kier molecular flexibility index (Phi) is 11.1. The van der Waals surface area contributed by atoms with Crippen LogP contribution in [0, 0.1) is 5.41 Å². The van der Waals surface area contributed by atoms with Gasteiger partial charge in [-0.25, -0.2) is 15.2 Å². The zero-order chi connectivity index (χ0) is 38.1. The first-order chi connectivity index (χ1) is 26.0. The van der Waals surface area contributed by atoms with Crippen LogP contribution in [0.2, 0.25) is 0 Å². The third-order valence-electron chi connectivity index (χ3n) is 11.2. The van der Waals surface area contributed by atoms with Gasteiger partial charge in [0, 0.05) is 78.2 Å². The number of pyridine rings is 1. The first-order valence-electron chi connectivity index (χ1n) is 19.4. The summed E-state index contributed by atoms with van der Waals surface area (Å²) in [6.45, 7) is 12.5. The number of hydrazine groups is 1. The fourth-order valence-electron chi connectivity index (χ4n) is 8.14. The second-order valence-corrected chi connectivity index (χ2v) is 16.6. The second-order valence-electron chi connectivity index (χ2n) is 15.6. The number of benzene rings is 1. The van der Waals surface area contributed by atoms with Crippen molar-refractivity contribution in [2.75, 3.05) is 26.8 Å². The number of hydrogen-bond donors (Lipinski definition) is 2. The lowest BCUT2D eigenvalue weighted by atomic mass is 9.84. The third kappa shape index (κ3) is 7.50. The molecule has 4 atom stereocenters. The van der Waals surface area contributed by atoms with Gasteiger partial charge in [0.15, 0.2) is 0 Å². The molecule has 288 valence electrons. The van der Waals surface area contributed by atoms with Crippen molar-refractivity contribution in [2.45, 2.75) is 110 Å². The van der Waals surface area contributed by atoms with Crippen LogP contribution in [0.4, 0.5) is 4.79 Å². The van der Waals surface area contributed by atoms with Crippen LogP contribution in [0.3, 0.4) is 0 Å². The molecule has 6 bridgehead atoms. The highest BCUT2D eigenvalue weighted by Gasteiger charge is 2.38. The summed E-state index contributed by atoms with van der Waals surface area (Å²) in [4.78, 5) is 53.1. The first-order valence-corrected chi connectivity index (χ1v) is 20.3. The Morgan fingerprint density at radius 2 is 2.02 bits per heavy atom. The number of nitrogens with zero attached hydrogens (tertiary/aromatic N) is 5. The van der Waals surface area contributed by atoms with Gasteiger partial charge in [-0.15, -0.1) is 11.3 Å². The molecule has 2 fully saturated rings. The summed E-state index contributed by atoms with van der Waals surface area (Å²) >= 11 is 1.48. The fourth-order valence-corrected chi connectivity index (χ4v) is 8.99. The van der Waals surface area contributed by atoms with E-state index in [0.29, 0.717) is 32.4 Å². The summed E-state index contributed by atoms with van der Waals surface area (Å²) < 4.78 is 14.2. The Balaban J connectivity index is 1.33.